The highest BCUT2D eigenvalue weighted by atomic mass is 15.2. The highest BCUT2D eigenvalue weighted by Crippen LogP contribution is 2.53. The van der Waals surface area contributed by atoms with Crippen LogP contribution in [0.1, 0.15) is 55.6 Å². The van der Waals surface area contributed by atoms with Gasteiger partial charge in [0.2, 0.25) is 0 Å². The third-order valence-corrected chi connectivity index (χ3v) is 19.2. The summed E-state index contributed by atoms with van der Waals surface area (Å²) in [6.45, 7) is 11.5. The molecule has 424 valence electrons. The van der Waals surface area contributed by atoms with Gasteiger partial charge in [-0.1, -0.05) is 185 Å². The molecule has 0 fully saturated rings. The Balaban J connectivity index is 0.772. The minimum atomic E-state index is -0.174. The molecule has 0 unspecified atom stereocenters. The highest BCUT2D eigenvalue weighted by molar-refractivity contribution is 6.12. The zero-order valence-electron chi connectivity index (χ0n) is 50.3. The molecule has 0 saturated carbocycles. The molecule has 0 saturated heterocycles. The van der Waals surface area contributed by atoms with E-state index in [1.807, 2.05) is 13.1 Å². The van der Waals surface area contributed by atoms with Crippen LogP contribution in [0, 0.1) is 6.92 Å². The number of para-hydroxylation sites is 4. The van der Waals surface area contributed by atoms with Gasteiger partial charge in [0.25, 0.3) is 0 Å². The number of hydrogen-bond donors (Lipinski definition) is 0. The molecular formula is C83H62N6. The van der Waals surface area contributed by atoms with E-state index >= 15 is 0 Å². The number of fused-ring (bicyclic) bond motifs is 12. The van der Waals surface area contributed by atoms with E-state index in [4.69, 9.17) is 9.97 Å². The molecule has 3 heterocycles. The second-order valence-electron chi connectivity index (χ2n) is 25.1. The van der Waals surface area contributed by atoms with E-state index < -0.39 is 0 Å². The van der Waals surface area contributed by atoms with Crippen LogP contribution in [-0.4, -0.2) is 19.1 Å². The van der Waals surface area contributed by atoms with Gasteiger partial charge in [0.1, 0.15) is 0 Å². The normalized spacial score (nSPS) is 13.4. The number of rotatable bonds is 10. The number of benzene rings is 12. The lowest BCUT2D eigenvalue weighted by Gasteiger charge is -2.28. The number of nitrogens with zero attached hydrogens (tertiary/aromatic N) is 6. The van der Waals surface area contributed by atoms with Crippen molar-refractivity contribution in [2.45, 2.75) is 45.4 Å². The van der Waals surface area contributed by atoms with Gasteiger partial charge < -0.3 is 18.9 Å². The molecule has 0 N–H and O–H groups in total. The Bertz CT molecular complexity index is 5320. The number of aromatic nitrogens is 4. The van der Waals surface area contributed by atoms with Gasteiger partial charge in [-0.25, -0.2) is 4.98 Å². The molecule has 17 rings (SSSR count). The Morgan fingerprint density at radius 3 is 1.13 bits per heavy atom. The molecular weight excluding hydrogens is 1080 g/mol. The maximum atomic E-state index is 5.28. The number of anilines is 6. The third-order valence-electron chi connectivity index (χ3n) is 19.2. The van der Waals surface area contributed by atoms with Crippen LogP contribution in [0.25, 0.3) is 99.8 Å². The van der Waals surface area contributed by atoms with E-state index in [1.54, 1.807) is 0 Å². The lowest BCUT2D eigenvalue weighted by molar-refractivity contribution is 0.660. The van der Waals surface area contributed by atoms with Crippen molar-refractivity contribution in [2.75, 3.05) is 9.80 Å². The van der Waals surface area contributed by atoms with E-state index in [9.17, 15) is 0 Å². The number of aryl methyl sites for hydroxylation is 1. The quantitative estimate of drug-likeness (QED) is 0.137. The second-order valence-corrected chi connectivity index (χ2v) is 25.1. The minimum absolute atomic E-state index is 0.173. The Kier molecular flexibility index (Phi) is 11.7. The lowest BCUT2D eigenvalue weighted by Crippen LogP contribution is -2.16. The lowest BCUT2D eigenvalue weighted by atomic mass is 9.82. The molecule has 3 aromatic heterocycles. The maximum absolute atomic E-state index is 5.28. The molecule has 2 aliphatic carbocycles. The first-order chi connectivity index (χ1) is 43.6. The smallest absolute Gasteiger partial charge is 0.0968 e. The summed E-state index contributed by atoms with van der Waals surface area (Å²) in [6, 6.07) is 103. The topological polar surface area (TPSA) is 42.1 Å². The second kappa shape index (κ2) is 20.0. The maximum Gasteiger partial charge on any atom is 0.0968 e. The van der Waals surface area contributed by atoms with Crippen molar-refractivity contribution in [3.63, 3.8) is 0 Å². The zero-order chi connectivity index (χ0) is 59.7. The zero-order valence-corrected chi connectivity index (χ0v) is 50.3. The average molecular weight is 1140 g/mol. The fourth-order valence-electron chi connectivity index (χ4n) is 14.9. The van der Waals surface area contributed by atoms with Crippen molar-refractivity contribution >= 4 is 77.7 Å². The van der Waals surface area contributed by atoms with Crippen LogP contribution in [-0.2, 0) is 10.8 Å². The summed E-state index contributed by atoms with van der Waals surface area (Å²) < 4.78 is 4.77. The molecule has 12 aromatic carbocycles. The molecule has 0 amide bonds. The molecule has 2 aliphatic rings. The highest BCUT2D eigenvalue weighted by Gasteiger charge is 2.37. The van der Waals surface area contributed by atoms with Gasteiger partial charge in [0.15, 0.2) is 0 Å². The molecule has 89 heavy (non-hydrogen) atoms. The van der Waals surface area contributed by atoms with E-state index in [0.29, 0.717) is 0 Å². The Morgan fingerprint density at radius 1 is 0.303 bits per heavy atom. The van der Waals surface area contributed by atoms with Gasteiger partial charge in [-0.3, -0.25) is 4.98 Å². The fourth-order valence-corrected chi connectivity index (χ4v) is 14.9. The Hall–Kier alpha value is -11.1. The summed E-state index contributed by atoms with van der Waals surface area (Å²) >= 11 is 0. The molecule has 0 bridgehead atoms. The molecule has 0 radical (unpaired) electrons. The van der Waals surface area contributed by atoms with Crippen LogP contribution in [0.15, 0.2) is 285 Å². The largest absolute Gasteiger partial charge is 0.310 e. The summed E-state index contributed by atoms with van der Waals surface area (Å²) in [5, 5.41) is 4.82. The predicted molar refractivity (Wildman–Crippen MR) is 371 cm³/mol. The first kappa shape index (κ1) is 52.3. The van der Waals surface area contributed by atoms with E-state index in [0.717, 1.165) is 84.7 Å². The van der Waals surface area contributed by atoms with Crippen LogP contribution in [0.2, 0.25) is 0 Å². The van der Waals surface area contributed by atoms with Crippen LogP contribution in [0.3, 0.4) is 0 Å². The minimum Gasteiger partial charge on any atom is -0.310 e. The summed E-state index contributed by atoms with van der Waals surface area (Å²) in [6.07, 6.45) is 1.89. The van der Waals surface area contributed by atoms with Crippen molar-refractivity contribution in [3.05, 3.63) is 313 Å². The molecule has 6 heteroatoms. The predicted octanol–water partition coefficient (Wildman–Crippen LogP) is 21.9. The summed E-state index contributed by atoms with van der Waals surface area (Å²) in [7, 11) is 0. The van der Waals surface area contributed by atoms with Gasteiger partial charge in [-0.05, 0) is 173 Å². The van der Waals surface area contributed by atoms with Gasteiger partial charge in [-0.15, -0.1) is 0 Å². The van der Waals surface area contributed by atoms with Crippen molar-refractivity contribution in [1.29, 1.82) is 0 Å². The Morgan fingerprint density at radius 2 is 0.663 bits per heavy atom. The Labute approximate surface area is 518 Å². The van der Waals surface area contributed by atoms with Gasteiger partial charge in [0, 0.05) is 95.2 Å². The van der Waals surface area contributed by atoms with E-state index in [1.165, 1.54) is 77.1 Å². The van der Waals surface area contributed by atoms with Crippen molar-refractivity contribution in [2.24, 2.45) is 0 Å². The molecule has 6 nitrogen and oxygen atoms in total. The monoisotopic (exact) mass is 1140 g/mol. The fraction of sp³-hybridized carbons (Fsp3) is 0.0843. The van der Waals surface area contributed by atoms with Crippen LogP contribution in [0.4, 0.5) is 34.1 Å². The van der Waals surface area contributed by atoms with E-state index in [-0.39, 0.29) is 10.8 Å². The average Bonchev–Trinajstić information content (AvgIpc) is 1.81. The van der Waals surface area contributed by atoms with Gasteiger partial charge in [0.05, 0.1) is 39.1 Å². The van der Waals surface area contributed by atoms with Crippen molar-refractivity contribution in [1.82, 2.24) is 19.1 Å². The molecule has 15 aromatic rings. The van der Waals surface area contributed by atoms with Crippen molar-refractivity contribution < 1.29 is 0 Å². The summed E-state index contributed by atoms with van der Waals surface area (Å²) in [5.74, 6) is 0. The van der Waals surface area contributed by atoms with Crippen LogP contribution < -0.4 is 9.80 Å². The van der Waals surface area contributed by atoms with E-state index in [2.05, 4.69) is 326 Å². The molecule has 0 atom stereocenters. The SMILES string of the molecule is Cc1cnc(-c2ccc(N(c3ccc4c(c3)C(C)(C)c3ccccc3-4)c3ccc4c(c3)c3ccccc3n4-c3ccccc3)cc2)c(-c2ccc(N(c3ccc4c(c3)C(C)(C)c3ccccc3-4)c3ccc4c(c3)c3ccccc3n4-c3ccccc3)cc2)n1. The molecule has 0 spiro atoms. The van der Waals surface area contributed by atoms with Gasteiger partial charge >= 0.3 is 0 Å². The van der Waals surface area contributed by atoms with Crippen LogP contribution >= 0.6 is 0 Å². The first-order valence-electron chi connectivity index (χ1n) is 30.9. The first-order valence-corrected chi connectivity index (χ1v) is 30.9. The summed E-state index contributed by atoms with van der Waals surface area (Å²) in [5.41, 5.74) is 28.1. The summed E-state index contributed by atoms with van der Waals surface area (Å²) in [4.78, 5) is 15.3. The van der Waals surface area contributed by atoms with Crippen LogP contribution in [0.5, 0.6) is 0 Å². The standard InChI is InChI=1S/C83H62N6/c1-53-52-84-80(54-32-36-58(37-33-54)86(62-40-44-66-64-24-12-16-28-72(64)82(2,3)74(66)50-62)60-42-46-78-70(48-60)68-26-14-18-30-76(68)88(78)56-20-8-6-9-21-56)81(85-53)55-34-38-59(39-35-55)87(63-41-45-67-65-25-13-17-29-73(65)83(4,5)75(67)51-63)61-43-47-79-71(49-61)69-27-15-19-31-77(69)89(79)57-22-10-7-11-23-57/h6-52H,1-5H3. The van der Waals surface area contributed by atoms with Crippen molar-refractivity contribution in [3.8, 4) is 56.1 Å². The number of hydrogen-bond acceptors (Lipinski definition) is 4. The molecule has 0 aliphatic heterocycles. The van der Waals surface area contributed by atoms with Gasteiger partial charge in [-0.2, -0.15) is 0 Å². The third kappa shape index (κ3) is 8.17.